The molecule has 2 amide bonds. The fourth-order valence-corrected chi connectivity index (χ4v) is 4.50. The van der Waals surface area contributed by atoms with Crippen LogP contribution in [0.25, 0.3) is 0 Å². The lowest BCUT2D eigenvalue weighted by Crippen LogP contribution is -2.52. The topological polar surface area (TPSA) is 60.9 Å². The van der Waals surface area contributed by atoms with Crippen LogP contribution in [0.1, 0.15) is 56.9 Å². The molecule has 2 aliphatic rings. The number of hydrogen-bond acceptors (Lipinski definition) is 3. The van der Waals surface area contributed by atoms with Crippen molar-refractivity contribution in [2.24, 2.45) is 5.41 Å². The van der Waals surface area contributed by atoms with E-state index < -0.39 is 0 Å². The number of rotatable bonds is 6. The number of hydrogen-bond donors (Lipinski definition) is 1. The van der Waals surface area contributed by atoms with Crippen molar-refractivity contribution in [1.29, 1.82) is 0 Å². The van der Waals surface area contributed by atoms with E-state index in [0.29, 0.717) is 25.8 Å². The molecule has 0 unspecified atom stereocenters. The number of likely N-dealkylation sites (tertiary alicyclic amines) is 2. The summed E-state index contributed by atoms with van der Waals surface area (Å²) in [5, 5.41) is 9.05. The van der Waals surface area contributed by atoms with Crippen molar-refractivity contribution >= 4 is 11.8 Å². The van der Waals surface area contributed by atoms with Crippen LogP contribution in [0.3, 0.4) is 0 Å². The normalized spacial score (nSPS) is 20.7. The molecule has 0 saturated carbocycles. The number of benzene rings is 1. The summed E-state index contributed by atoms with van der Waals surface area (Å²) in [5.41, 5.74) is 1.37. The Hall–Kier alpha value is -1.88. The molecule has 0 radical (unpaired) electrons. The number of carbonyl (C=O) groups excluding carboxylic acids is 2. The fraction of sp³-hybridized carbons (Fsp3) is 0.636. The summed E-state index contributed by atoms with van der Waals surface area (Å²) in [6.45, 7) is 5.26. The Bertz CT molecular complexity index is 638. The molecule has 2 fully saturated rings. The summed E-state index contributed by atoms with van der Waals surface area (Å²) < 4.78 is 0. The molecule has 1 aromatic carbocycles. The van der Waals surface area contributed by atoms with Gasteiger partial charge in [-0.3, -0.25) is 9.59 Å². The largest absolute Gasteiger partial charge is 0.396 e. The molecular formula is C22H32N2O3. The van der Waals surface area contributed by atoms with E-state index in [9.17, 15) is 9.59 Å². The lowest BCUT2D eigenvalue weighted by atomic mass is 9.72. The highest BCUT2D eigenvalue weighted by atomic mass is 16.3. The number of aliphatic hydroxyl groups is 1. The lowest BCUT2D eigenvalue weighted by Gasteiger charge is -2.47. The smallest absolute Gasteiger partial charge is 0.223 e. The Kier molecular flexibility index (Phi) is 6.53. The van der Waals surface area contributed by atoms with Crippen LogP contribution >= 0.6 is 0 Å². The third-order valence-electron chi connectivity index (χ3n) is 6.36. The Balaban J connectivity index is 1.52. The van der Waals surface area contributed by atoms with Crippen molar-refractivity contribution in [1.82, 2.24) is 9.80 Å². The third kappa shape index (κ3) is 4.89. The van der Waals surface area contributed by atoms with Crippen LogP contribution in [0, 0.1) is 5.41 Å². The molecule has 5 nitrogen and oxygen atoms in total. The number of amides is 2. The maximum Gasteiger partial charge on any atom is 0.223 e. The molecule has 148 valence electrons. The molecule has 1 atom stereocenters. The summed E-state index contributed by atoms with van der Waals surface area (Å²) in [5.74, 6) is 0.686. The highest BCUT2D eigenvalue weighted by Gasteiger charge is 2.41. The van der Waals surface area contributed by atoms with Crippen molar-refractivity contribution in [2.45, 2.75) is 51.4 Å². The zero-order valence-electron chi connectivity index (χ0n) is 16.4. The molecule has 1 spiro atoms. The van der Waals surface area contributed by atoms with Crippen LogP contribution in [-0.4, -0.2) is 59.5 Å². The summed E-state index contributed by atoms with van der Waals surface area (Å²) in [6, 6.07) is 10.2. The van der Waals surface area contributed by atoms with Crippen molar-refractivity contribution in [3.63, 3.8) is 0 Å². The van der Waals surface area contributed by atoms with Crippen LogP contribution in [0.4, 0.5) is 0 Å². The molecule has 2 heterocycles. The predicted octanol–water partition coefficient (Wildman–Crippen LogP) is 2.79. The Morgan fingerprint density at radius 1 is 1.19 bits per heavy atom. The van der Waals surface area contributed by atoms with E-state index in [4.69, 9.17) is 5.11 Å². The minimum atomic E-state index is 0.124. The van der Waals surface area contributed by atoms with Gasteiger partial charge in [-0.25, -0.2) is 0 Å². The highest BCUT2D eigenvalue weighted by molar-refractivity contribution is 5.78. The van der Waals surface area contributed by atoms with Crippen molar-refractivity contribution in [3.8, 4) is 0 Å². The van der Waals surface area contributed by atoms with Gasteiger partial charge >= 0.3 is 0 Å². The van der Waals surface area contributed by atoms with E-state index in [1.54, 1.807) is 0 Å². The number of piperidine rings is 2. The summed E-state index contributed by atoms with van der Waals surface area (Å²) in [4.78, 5) is 28.8. The Morgan fingerprint density at radius 3 is 2.56 bits per heavy atom. The minimum absolute atomic E-state index is 0.124. The Labute approximate surface area is 162 Å². The molecule has 0 aromatic heterocycles. The van der Waals surface area contributed by atoms with Crippen molar-refractivity contribution < 1.29 is 14.7 Å². The van der Waals surface area contributed by atoms with E-state index in [2.05, 4.69) is 19.1 Å². The average Bonchev–Trinajstić information content (AvgIpc) is 2.70. The lowest BCUT2D eigenvalue weighted by molar-refractivity contribution is -0.142. The van der Waals surface area contributed by atoms with Crippen LogP contribution in [0.2, 0.25) is 0 Å². The molecule has 2 aliphatic heterocycles. The molecule has 1 N–H and O–H groups in total. The van der Waals surface area contributed by atoms with Gasteiger partial charge in [-0.15, -0.1) is 0 Å². The van der Waals surface area contributed by atoms with E-state index in [0.717, 1.165) is 38.9 Å². The van der Waals surface area contributed by atoms with Crippen LogP contribution in [0.5, 0.6) is 0 Å². The van der Waals surface area contributed by atoms with Gasteiger partial charge in [-0.05, 0) is 42.6 Å². The van der Waals surface area contributed by atoms with Gasteiger partial charge in [0.15, 0.2) is 0 Å². The number of aliphatic hydroxyl groups excluding tert-OH is 1. The van der Waals surface area contributed by atoms with Crippen LogP contribution in [-0.2, 0) is 9.59 Å². The van der Waals surface area contributed by atoms with Crippen molar-refractivity contribution in [2.75, 3.05) is 32.8 Å². The summed E-state index contributed by atoms with van der Waals surface area (Å²) in [6.07, 6.45) is 4.68. The van der Waals surface area contributed by atoms with Gasteiger partial charge in [-0.1, -0.05) is 37.3 Å². The first kappa shape index (κ1) is 19.9. The van der Waals surface area contributed by atoms with Crippen LogP contribution in [0.15, 0.2) is 30.3 Å². The summed E-state index contributed by atoms with van der Waals surface area (Å²) in [7, 11) is 0. The standard InChI is InChI=1S/C22H32N2O3/c1-18(19-6-3-2-4-7-19)16-21(27)23-13-10-22(11-14-23)9-8-20(26)24(17-22)12-5-15-25/h2-4,6-7,18,25H,5,8-17H2,1H3/t18-/m1/s1. The van der Waals surface area contributed by atoms with Gasteiger partial charge in [0.05, 0.1) is 0 Å². The predicted molar refractivity (Wildman–Crippen MR) is 105 cm³/mol. The van der Waals surface area contributed by atoms with E-state index in [-0.39, 0.29) is 29.8 Å². The first-order valence-electron chi connectivity index (χ1n) is 10.2. The van der Waals surface area contributed by atoms with E-state index in [1.165, 1.54) is 5.56 Å². The molecule has 5 heteroatoms. The number of carbonyl (C=O) groups is 2. The van der Waals surface area contributed by atoms with E-state index >= 15 is 0 Å². The van der Waals surface area contributed by atoms with Crippen LogP contribution < -0.4 is 0 Å². The molecule has 27 heavy (non-hydrogen) atoms. The number of nitrogens with zero attached hydrogens (tertiary/aromatic N) is 2. The molecule has 0 aliphatic carbocycles. The Morgan fingerprint density at radius 2 is 1.89 bits per heavy atom. The van der Waals surface area contributed by atoms with Gasteiger partial charge in [-0.2, -0.15) is 0 Å². The SMILES string of the molecule is C[C@H](CC(=O)N1CCC2(CCC(=O)N(CCCO)C2)CC1)c1ccccc1. The maximum absolute atomic E-state index is 12.7. The first-order valence-corrected chi connectivity index (χ1v) is 10.2. The molecular weight excluding hydrogens is 340 g/mol. The first-order chi connectivity index (χ1) is 13.0. The van der Waals surface area contributed by atoms with Gasteiger partial charge in [0.25, 0.3) is 0 Å². The quantitative estimate of drug-likeness (QED) is 0.835. The van der Waals surface area contributed by atoms with Gasteiger partial charge < -0.3 is 14.9 Å². The third-order valence-corrected chi connectivity index (χ3v) is 6.36. The molecule has 0 bridgehead atoms. The van der Waals surface area contributed by atoms with E-state index in [1.807, 2.05) is 28.0 Å². The average molecular weight is 373 g/mol. The minimum Gasteiger partial charge on any atom is -0.396 e. The zero-order valence-corrected chi connectivity index (χ0v) is 16.4. The summed E-state index contributed by atoms with van der Waals surface area (Å²) >= 11 is 0. The second-order valence-corrected chi connectivity index (χ2v) is 8.29. The van der Waals surface area contributed by atoms with Gasteiger partial charge in [0, 0.05) is 45.6 Å². The van der Waals surface area contributed by atoms with Gasteiger partial charge in [0.1, 0.15) is 0 Å². The van der Waals surface area contributed by atoms with Crippen molar-refractivity contribution in [3.05, 3.63) is 35.9 Å². The second-order valence-electron chi connectivity index (χ2n) is 8.29. The molecule has 3 rings (SSSR count). The zero-order chi connectivity index (χ0) is 19.3. The second kappa shape index (κ2) is 8.87. The molecule has 2 saturated heterocycles. The highest BCUT2D eigenvalue weighted by Crippen LogP contribution is 2.40. The van der Waals surface area contributed by atoms with Gasteiger partial charge in [0.2, 0.25) is 11.8 Å². The molecule has 1 aromatic rings. The fourth-order valence-electron chi connectivity index (χ4n) is 4.50. The monoisotopic (exact) mass is 372 g/mol. The maximum atomic E-state index is 12.7.